The van der Waals surface area contributed by atoms with Crippen molar-refractivity contribution < 1.29 is 35.9 Å². The third kappa shape index (κ3) is 4.01. The Morgan fingerprint density at radius 2 is 1.95 bits per heavy atom. The fraction of sp³-hybridized carbons (Fsp3) is 0.409. The second-order valence-corrected chi connectivity index (χ2v) is 9.17. The number of nitrogen functional groups attached to an aromatic ring is 1. The standard InChI is InChI=1S/C22H19F6N7O2/c1-20(18(36)30-10-3-4-10)13-15(29)31-17(32-16(13)33-19(20)37)14-11-5-2-9(23)8-12(11)35(34-14)7-6-21(24,25)22(26,27)28/h2,5,8,10H,3-4,6-7H2,1H3,(H,30,36)(H3,29,31,32,33,37). The number of hydrogen-bond acceptors (Lipinski definition) is 6. The topological polar surface area (TPSA) is 128 Å². The summed E-state index contributed by atoms with van der Waals surface area (Å²) in [6.45, 7) is 0.474. The van der Waals surface area contributed by atoms with E-state index in [2.05, 4.69) is 25.7 Å². The van der Waals surface area contributed by atoms with E-state index in [1.165, 1.54) is 13.0 Å². The molecule has 1 unspecified atom stereocenters. The van der Waals surface area contributed by atoms with Gasteiger partial charge in [0.25, 0.3) is 0 Å². The van der Waals surface area contributed by atoms with Gasteiger partial charge in [-0.15, -0.1) is 0 Å². The molecule has 0 radical (unpaired) electrons. The Hall–Kier alpha value is -3.91. The first-order valence-electron chi connectivity index (χ1n) is 11.1. The van der Waals surface area contributed by atoms with Crippen molar-refractivity contribution >= 4 is 34.4 Å². The lowest BCUT2D eigenvalue weighted by Gasteiger charge is -2.21. The van der Waals surface area contributed by atoms with Crippen molar-refractivity contribution in [1.29, 1.82) is 0 Å². The van der Waals surface area contributed by atoms with Crippen molar-refractivity contribution in [2.24, 2.45) is 0 Å². The average Bonchev–Trinajstić information content (AvgIpc) is 3.48. The number of halogens is 6. The molecule has 2 aliphatic rings. The van der Waals surface area contributed by atoms with E-state index in [1.54, 1.807) is 0 Å². The summed E-state index contributed by atoms with van der Waals surface area (Å²) < 4.78 is 79.7. The van der Waals surface area contributed by atoms with Crippen molar-refractivity contribution in [3.8, 4) is 11.5 Å². The smallest absolute Gasteiger partial charge is 0.383 e. The van der Waals surface area contributed by atoms with Crippen LogP contribution in [0.2, 0.25) is 0 Å². The number of alkyl halides is 5. The Labute approximate surface area is 204 Å². The number of nitrogens with zero attached hydrogens (tertiary/aromatic N) is 4. The number of amides is 2. The van der Waals surface area contributed by atoms with E-state index in [0.717, 1.165) is 29.7 Å². The number of rotatable bonds is 6. The highest BCUT2D eigenvalue weighted by atomic mass is 19.4. The van der Waals surface area contributed by atoms with E-state index in [9.17, 15) is 35.9 Å². The number of aromatic nitrogens is 4. The number of fused-ring (bicyclic) bond motifs is 2. The average molecular weight is 527 g/mol. The Morgan fingerprint density at radius 3 is 2.59 bits per heavy atom. The molecule has 5 rings (SSSR count). The highest BCUT2D eigenvalue weighted by molar-refractivity contribution is 6.21. The molecular formula is C22H19F6N7O2. The van der Waals surface area contributed by atoms with Crippen molar-refractivity contribution in [3.63, 3.8) is 0 Å². The SMILES string of the molecule is CC1(C(=O)NC2CC2)C(=O)Nc2nc(-c3nn(CCC(F)(F)C(F)(F)F)c4cc(F)ccc34)nc(N)c21. The summed E-state index contributed by atoms with van der Waals surface area (Å²) >= 11 is 0. The minimum Gasteiger partial charge on any atom is -0.383 e. The van der Waals surface area contributed by atoms with Crippen LogP contribution in [-0.2, 0) is 21.5 Å². The van der Waals surface area contributed by atoms with Crippen LogP contribution in [0.3, 0.4) is 0 Å². The lowest BCUT2D eigenvalue weighted by atomic mass is 9.83. The molecule has 1 saturated carbocycles. The van der Waals surface area contributed by atoms with Gasteiger partial charge in [0.1, 0.15) is 23.1 Å². The number of hydrogen-bond donors (Lipinski definition) is 3. The molecule has 4 N–H and O–H groups in total. The Kier molecular flexibility index (Phi) is 5.39. The molecule has 0 saturated heterocycles. The highest BCUT2D eigenvalue weighted by Crippen LogP contribution is 2.42. The molecule has 3 aromatic rings. The normalized spacial score (nSPS) is 19.7. The monoisotopic (exact) mass is 527 g/mol. The van der Waals surface area contributed by atoms with Crippen LogP contribution in [0.4, 0.5) is 38.0 Å². The lowest BCUT2D eigenvalue weighted by Crippen LogP contribution is -2.48. The number of benzene rings is 1. The molecule has 1 aliphatic heterocycles. The molecular weight excluding hydrogens is 508 g/mol. The van der Waals surface area contributed by atoms with E-state index >= 15 is 0 Å². The van der Waals surface area contributed by atoms with Gasteiger partial charge in [0.05, 0.1) is 11.1 Å². The van der Waals surface area contributed by atoms with Gasteiger partial charge in [0.15, 0.2) is 11.2 Å². The van der Waals surface area contributed by atoms with Crippen LogP contribution < -0.4 is 16.4 Å². The van der Waals surface area contributed by atoms with Crippen LogP contribution in [0.25, 0.3) is 22.4 Å². The van der Waals surface area contributed by atoms with Crippen LogP contribution in [0.15, 0.2) is 18.2 Å². The summed E-state index contributed by atoms with van der Waals surface area (Å²) in [6.07, 6.45) is -5.84. The first-order valence-corrected chi connectivity index (χ1v) is 11.1. The number of nitrogens with two attached hydrogens (primary N) is 1. The minimum absolute atomic E-state index is 0.0389. The Morgan fingerprint density at radius 1 is 1.24 bits per heavy atom. The summed E-state index contributed by atoms with van der Waals surface area (Å²) in [6, 6.07) is 3.17. The second-order valence-electron chi connectivity index (χ2n) is 9.17. The van der Waals surface area contributed by atoms with Gasteiger partial charge in [-0.1, -0.05) is 0 Å². The quantitative estimate of drug-likeness (QED) is 0.334. The number of nitrogens with one attached hydrogen (secondary N) is 2. The first kappa shape index (κ1) is 24.8. The van der Waals surface area contributed by atoms with Crippen LogP contribution in [0.1, 0.15) is 31.7 Å². The molecule has 2 amide bonds. The van der Waals surface area contributed by atoms with Crippen molar-refractivity contribution in [2.45, 2.75) is 56.3 Å². The summed E-state index contributed by atoms with van der Waals surface area (Å²) in [5, 5.41) is 9.45. The van der Waals surface area contributed by atoms with E-state index in [1.807, 2.05) is 0 Å². The maximum absolute atomic E-state index is 13.9. The zero-order valence-corrected chi connectivity index (χ0v) is 19.1. The summed E-state index contributed by atoms with van der Waals surface area (Å²) in [5.41, 5.74) is 4.29. The molecule has 3 heterocycles. The highest BCUT2D eigenvalue weighted by Gasteiger charge is 2.57. The molecule has 1 atom stereocenters. The Bertz CT molecular complexity index is 1450. The lowest BCUT2D eigenvalue weighted by molar-refractivity contribution is -0.285. The van der Waals surface area contributed by atoms with E-state index < -0.39 is 48.1 Å². The third-order valence-electron chi connectivity index (χ3n) is 6.47. The maximum atomic E-state index is 13.9. The zero-order valence-electron chi connectivity index (χ0n) is 19.1. The van der Waals surface area contributed by atoms with E-state index in [4.69, 9.17) is 5.73 Å². The zero-order chi connectivity index (χ0) is 26.9. The van der Waals surface area contributed by atoms with Gasteiger partial charge in [-0.05, 0) is 38.0 Å². The van der Waals surface area contributed by atoms with Gasteiger partial charge < -0.3 is 16.4 Å². The number of aryl methyl sites for hydroxylation is 1. The maximum Gasteiger partial charge on any atom is 0.453 e. The number of anilines is 2. The molecule has 2 aromatic heterocycles. The van der Waals surface area contributed by atoms with Crippen LogP contribution in [0.5, 0.6) is 0 Å². The molecule has 1 aliphatic carbocycles. The largest absolute Gasteiger partial charge is 0.453 e. The van der Waals surface area contributed by atoms with Crippen molar-refractivity contribution in [1.82, 2.24) is 25.1 Å². The molecule has 0 bridgehead atoms. The Balaban J connectivity index is 1.56. The molecule has 15 heteroatoms. The minimum atomic E-state index is -5.77. The number of carbonyl (C=O) groups is 2. The van der Waals surface area contributed by atoms with Crippen molar-refractivity contribution in [3.05, 3.63) is 29.6 Å². The molecule has 1 fully saturated rings. The predicted molar refractivity (Wildman–Crippen MR) is 118 cm³/mol. The molecule has 196 valence electrons. The summed E-state index contributed by atoms with van der Waals surface area (Å²) in [7, 11) is 0. The molecule has 0 spiro atoms. The summed E-state index contributed by atoms with van der Waals surface area (Å²) in [5.74, 6) is -7.56. The van der Waals surface area contributed by atoms with Gasteiger partial charge >= 0.3 is 12.1 Å². The van der Waals surface area contributed by atoms with Gasteiger partial charge in [0.2, 0.25) is 11.8 Å². The fourth-order valence-electron chi connectivity index (χ4n) is 4.16. The van der Waals surface area contributed by atoms with Gasteiger partial charge in [-0.25, -0.2) is 14.4 Å². The fourth-order valence-corrected chi connectivity index (χ4v) is 4.16. The molecule has 1 aromatic carbocycles. The second kappa shape index (κ2) is 8.05. The van der Waals surface area contributed by atoms with Crippen LogP contribution >= 0.6 is 0 Å². The van der Waals surface area contributed by atoms with E-state index in [0.29, 0.717) is 0 Å². The van der Waals surface area contributed by atoms with Gasteiger partial charge in [-0.3, -0.25) is 14.3 Å². The molecule has 37 heavy (non-hydrogen) atoms. The predicted octanol–water partition coefficient (Wildman–Crippen LogP) is 3.29. The van der Waals surface area contributed by atoms with Crippen LogP contribution in [-0.4, -0.2) is 49.7 Å². The summed E-state index contributed by atoms with van der Waals surface area (Å²) in [4.78, 5) is 34.0. The third-order valence-corrected chi connectivity index (χ3v) is 6.47. The first-order chi connectivity index (χ1) is 17.2. The number of carbonyl (C=O) groups excluding carboxylic acids is 2. The van der Waals surface area contributed by atoms with Gasteiger partial charge in [-0.2, -0.15) is 27.1 Å². The molecule has 9 nitrogen and oxygen atoms in total. The van der Waals surface area contributed by atoms with E-state index in [-0.39, 0.29) is 45.7 Å². The van der Waals surface area contributed by atoms with Crippen LogP contribution in [0, 0.1) is 5.82 Å². The van der Waals surface area contributed by atoms with Gasteiger partial charge in [0, 0.05) is 24.4 Å². The van der Waals surface area contributed by atoms with Crippen molar-refractivity contribution in [2.75, 3.05) is 11.1 Å².